The lowest BCUT2D eigenvalue weighted by Gasteiger charge is -2.32. The zero-order valence-corrected chi connectivity index (χ0v) is 36.2. The molecule has 0 aliphatic heterocycles. The van der Waals surface area contributed by atoms with Crippen LogP contribution in [0.2, 0.25) is 0 Å². The summed E-state index contributed by atoms with van der Waals surface area (Å²) in [6.07, 6.45) is 23.2. The van der Waals surface area contributed by atoms with E-state index in [-0.39, 0.29) is 11.8 Å². The summed E-state index contributed by atoms with van der Waals surface area (Å²) in [5.41, 5.74) is 29.3. The molecular weight excluding hydrogens is 769 g/mol. The Bertz CT molecular complexity index is 3470. The van der Waals surface area contributed by atoms with Crippen molar-refractivity contribution in [3.05, 3.63) is 193 Å². The lowest BCUT2D eigenvalue weighted by Crippen LogP contribution is -2.13. The van der Waals surface area contributed by atoms with E-state index in [1.165, 1.54) is 65.8 Å². The van der Waals surface area contributed by atoms with Gasteiger partial charge in [0.1, 0.15) is 0 Å². The van der Waals surface area contributed by atoms with E-state index < -0.39 is 0 Å². The Kier molecular flexibility index (Phi) is 9.99. The van der Waals surface area contributed by atoms with Crippen molar-refractivity contribution < 1.29 is 0 Å². The van der Waals surface area contributed by atoms with Crippen LogP contribution >= 0.6 is 0 Å². The summed E-state index contributed by atoms with van der Waals surface area (Å²) in [4.78, 5) is 9.82. The Balaban J connectivity index is 1.23. The van der Waals surface area contributed by atoms with Gasteiger partial charge in [0.05, 0.1) is 33.6 Å². The van der Waals surface area contributed by atoms with Gasteiger partial charge in [0.25, 0.3) is 0 Å². The number of aryl methyl sites for hydroxylation is 1. The standard InChI is InChI=1S/C57H50N6/c1-6-8-16-42-35(3)22-25-60-56(42)39-18-20-52-48(28-39)50-30-44-36(4)37(5)45-31-51-49-29-40(57-43-17-11-10-15-38(43)23-26-61-57)19-21-53(49)63(41(34-59)14-7-2)55(51)33-47(45)46(44)32-54(50)62(52)27-13-9-12-24-58/h6-26,28-34,36-37H,1,27,58-59H2,2-5H3/b13-9-,14-7-,16-8-,24-12-,41-34+. The molecular formula is C57H50N6. The van der Waals surface area contributed by atoms with Crippen molar-refractivity contribution in [1.29, 1.82) is 0 Å². The molecule has 0 fully saturated rings. The third-order valence-corrected chi connectivity index (χ3v) is 13.2. The Hall–Kier alpha value is -7.70. The topological polar surface area (TPSA) is 87.7 Å². The highest BCUT2D eigenvalue weighted by Crippen LogP contribution is 2.51. The molecule has 0 amide bonds. The predicted molar refractivity (Wildman–Crippen MR) is 268 cm³/mol. The molecule has 63 heavy (non-hydrogen) atoms. The first kappa shape index (κ1) is 39.4. The highest BCUT2D eigenvalue weighted by molar-refractivity contribution is 6.15. The molecule has 1 aliphatic rings. The van der Waals surface area contributed by atoms with Crippen LogP contribution in [-0.2, 0) is 6.54 Å². The summed E-state index contributed by atoms with van der Waals surface area (Å²) >= 11 is 0. The normalized spacial score (nSPS) is 15.7. The van der Waals surface area contributed by atoms with E-state index in [0.717, 1.165) is 50.2 Å². The molecule has 0 saturated carbocycles. The summed E-state index contributed by atoms with van der Waals surface area (Å²) in [5.74, 6) is 0.534. The molecule has 6 heteroatoms. The molecule has 0 spiro atoms. The molecule has 1 aliphatic carbocycles. The second-order valence-corrected chi connectivity index (χ2v) is 16.7. The molecule has 2 unspecified atom stereocenters. The second kappa shape index (κ2) is 16.0. The zero-order valence-electron chi connectivity index (χ0n) is 36.2. The van der Waals surface area contributed by atoms with Crippen molar-refractivity contribution in [2.24, 2.45) is 11.5 Å². The first-order valence-corrected chi connectivity index (χ1v) is 21.7. The number of benzene rings is 5. The van der Waals surface area contributed by atoms with E-state index in [4.69, 9.17) is 21.4 Å². The van der Waals surface area contributed by atoms with Crippen LogP contribution in [-0.4, -0.2) is 19.1 Å². The smallest absolute Gasteiger partial charge is 0.0780 e. The average molecular weight is 819 g/mol. The Labute approximate surface area is 368 Å². The largest absolute Gasteiger partial charge is 0.405 e. The van der Waals surface area contributed by atoms with Gasteiger partial charge < -0.3 is 20.6 Å². The molecule has 9 aromatic rings. The molecule has 308 valence electrons. The van der Waals surface area contributed by atoms with E-state index >= 15 is 0 Å². The van der Waals surface area contributed by atoms with Gasteiger partial charge in [0.15, 0.2) is 0 Å². The molecule has 4 N–H and O–H groups in total. The number of nitrogens with zero attached hydrogens (tertiary/aromatic N) is 4. The monoisotopic (exact) mass is 818 g/mol. The highest BCUT2D eigenvalue weighted by Gasteiger charge is 2.31. The molecule has 0 bridgehead atoms. The molecule has 4 heterocycles. The number of hydrogen-bond acceptors (Lipinski definition) is 4. The summed E-state index contributed by atoms with van der Waals surface area (Å²) < 4.78 is 4.75. The van der Waals surface area contributed by atoms with Crippen molar-refractivity contribution in [2.75, 3.05) is 0 Å². The number of pyridine rings is 2. The molecule has 0 saturated heterocycles. The van der Waals surface area contributed by atoms with E-state index in [1.54, 1.807) is 12.4 Å². The van der Waals surface area contributed by atoms with Gasteiger partial charge in [-0.1, -0.05) is 93.3 Å². The van der Waals surface area contributed by atoms with Crippen molar-refractivity contribution in [1.82, 2.24) is 19.1 Å². The maximum Gasteiger partial charge on any atom is 0.0780 e. The number of allylic oxidation sites excluding steroid dienone is 8. The summed E-state index contributed by atoms with van der Waals surface area (Å²) in [5, 5.41) is 7.12. The van der Waals surface area contributed by atoms with Crippen LogP contribution < -0.4 is 11.5 Å². The lowest BCUT2D eigenvalue weighted by molar-refractivity contribution is 0.617. The maximum absolute atomic E-state index is 6.45. The fourth-order valence-corrected chi connectivity index (χ4v) is 9.98. The van der Waals surface area contributed by atoms with Gasteiger partial charge in [0, 0.05) is 74.3 Å². The van der Waals surface area contributed by atoms with Crippen LogP contribution in [0.3, 0.4) is 0 Å². The van der Waals surface area contributed by atoms with Gasteiger partial charge in [0.2, 0.25) is 0 Å². The zero-order chi connectivity index (χ0) is 43.4. The Morgan fingerprint density at radius 2 is 1.33 bits per heavy atom. The Morgan fingerprint density at radius 3 is 2.06 bits per heavy atom. The molecule has 0 radical (unpaired) electrons. The lowest BCUT2D eigenvalue weighted by atomic mass is 9.72. The minimum atomic E-state index is 0.265. The molecule has 5 aromatic carbocycles. The highest BCUT2D eigenvalue weighted by atomic mass is 15.0. The number of hydrogen-bond donors (Lipinski definition) is 2. The summed E-state index contributed by atoms with van der Waals surface area (Å²) in [6, 6.07) is 35.9. The van der Waals surface area contributed by atoms with Crippen LogP contribution in [0.25, 0.3) is 99.8 Å². The van der Waals surface area contributed by atoms with Crippen LogP contribution in [0, 0.1) is 6.92 Å². The SMILES string of the molecule is C=C/C=C\c1c(C)ccnc1-c1ccc2c(c1)c1cc3c(cc1n2C/C=C\C=C/N)-c1cc2c(cc1C(C)C3C)c1cc(-c3nccc4ccccc34)ccc1n2C(/C=C\C)=C/N. The van der Waals surface area contributed by atoms with Gasteiger partial charge in [-0.15, -0.1) is 0 Å². The predicted octanol–water partition coefficient (Wildman–Crippen LogP) is 13.9. The number of aromatic nitrogens is 4. The summed E-state index contributed by atoms with van der Waals surface area (Å²) in [7, 11) is 0. The van der Waals surface area contributed by atoms with Crippen molar-refractivity contribution in [3.63, 3.8) is 0 Å². The first-order valence-electron chi connectivity index (χ1n) is 21.7. The number of nitrogens with two attached hydrogens (primary N) is 2. The molecule has 6 nitrogen and oxygen atoms in total. The van der Waals surface area contributed by atoms with Crippen LogP contribution in [0.5, 0.6) is 0 Å². The third kappa shape index (κ3) is 6.40. The minimum absolute atomic E-state index is 0.265. The number of fused-ring (bicyclic) bond motifs is 10. The van der Waals surface area contributed by atoms with E-state index in [1.807, 2.05) is 43.6 Å². The van der Waals surface area contributed by atoms with E-state index in [0.29, 0.717) is 6.54 Å². The summed E-state index contributed by atoms with van der Waals surface area (Å²) in [6.45, 7) is 13.5. The molecule has 2 atom stereocenters. The first-order chi connectivity index (χ1) is 30.8. The van der Waals surface area contributed by atoms with Gasteiger partial charge in [-0.25, -0.2) is 0 Å². The minimum Gasteiger partial charge on any atom is -0.405 e. The van der Waals surface area contributed by atoms with Crippen molar-refractivity contribution in [3.8, 4) is 33.6 Å². The fourth-order valence-electron chi connectivity index (χ4n) is 9.98. The third-order valence-electron chi connectivity index (χ3n) is 13.2. The quantitative estimate of drug-likeness (QED) is 0.142. The fraction of sp³-hybridized carbons (Fsp3) is 0.123. The van der Waals surface area contributed by atoms with Crippen molar-refractivity contribution in [2.45, 2.75) is 46.1 Å². The molecule has 4 aromatic heterocycles. The van der Waals surface area contributed by atoms with Crippen LogP contribution in [0.1, 0.15) is 54.9 Å². The average Bonchev–Trinajstić information content (AvgIpc) is 3.79. The Morgan fingerprint density at radius 1 is 0.683 bits per heavy atom. The van der Waals surface area contributed by atoms with E-state index in [2.05, 4.69) is 158 Å². The number of rotatable bonds is 9. The molecule has 10 rings (SSSR count). The second-order valence-electron chi connectivity index (χ2n) is 16.7. The van der Waals surface area contributed by atoms with Gasteiger partial charge in [-0.3, -0.25) is 9.97 Å². The van der Waals surface area contributed by atoms with Gasteiger partial charge >= 0.3 is 0 Å². The van der Waals surface area contributed by atoms with Crippen molar-refractivity contribution >= 4 is 66.2 Å². The maximum atomic E-state index is 6.45. The van der Waals surface area contributed by atoms with Gasteiger partial charge in [-0.2, -0.15) is 0 Å². The van der Waals surface area contributed by atoms with Crippen LogP contribution in [0.4, 0.5) is 0 Å². The van der Waals surface area contributed by atoms with Crippen LogP contribution in [0.15, 0.2) is 171 Å². The van der Waals surface area contributed by atoms with E-state index in [9.17, 15) is 0 Å². The van der Waals surface area contributed by atoms with Gasteiger partial charge in [-0.05, 0) is 138 Å².